The molecule has 4 nitrogen and oxygen atoms in total. The number of carbonyl (C=O) groups is 2. The molecule has 0 aromatic heterocycles. The minimum atomic E-state index is -1.12. The standard InChI is InChI=1S/C14H18FNO3/c1-2-3-7-13(17)16-12(14(18)19)9-10-5-4-6-11(15)8-10/h4-6,8,12H,2-3,7,9H2,1H3,(H,16,17)(H,18,19)/t12-/m0/s1. The highest BCUT2D eigenvalue weighted by Gasteiger charge is 2.20. The maximum absolute atomic E-state index is 13.0. The molecule has 5 heteroatoms. The molecule has 1 aromatic carbocycles. The Morgan fingerprint density at radius 3 is 2.74 bits per heavy atom. The summed E-state index contributed by atoms with van der Waals surface area (Å²) in [5.41, 5.74) is 0.545. The number of hydrogen-bond donors (Lipinski definition) is 2. The lowest BCUT2D eigenvalue weighted by Gasteiger charge is -2.14. The van der Waals surface area contributed by atoms with Gasteiger partial charge in [0, 0.05) is 12.8 Å². The van der Waals surface area contributed by atoms with Gasteiger partial charge in [0.15, 0.2) is 0 Å². The van der Waals surface area contributed by atoms with Crippen LogP contribution < -0.4 is 5.32 Å². The van der Waals surface area contributed by atoms with E-state index in [0.29, 0.717) is 12.0 Å². The lowest BCUT2D eigenvalue weighted by atomic mass is 10.1. The average molecular weight is 267 g/mol. The van der Waals surface area contributed by atoms with E-state index in [1.54, 1.807) is 6.07 Å². The Labute approximate surface area is 111 Å². The molecule has 0 unspecified atom stereocenters. The lowest BCUT2D eigenvalue weighted by molar-refractivity contribution is -0.141. The first-order valence-electron chi connectivity index (χ1n) is 6.29. The van der Waals surface area contributed by atoms with Crippen LogP contribution in [0.5, 0.6) is 0 Å². The number of carbonyl (C=O) groups excluding carboxylic acids is 1. The molecule has 1 rings (SSSR count). The number of nitrogens with one attached hydrogen (secondary N) is 1. The minimum Gasteiger partial charge on any atom is -0.480 e. The fraction of sp³-hybridized carbons (Fsp3) is 0.429. The molecule has 0 bridgehead atoms. The Morgan fingerprint density at radius 1 is 1.42 bits per heavy atom. The molecule has 1 amide bonds. The van der Waals surface area contributed by atoms with Crippen molar-refractivity contribution in [2.45, 2.75) is 38.6 Å². The Kier molecular flexibility index (Phi) is 5.99. The van der Waals surface area contributed by atoms with Crippen molar-refractivity contribution in [2.75, 3.05) is 0 Å². The van der Waals surface area contributed by atoms with Crippen LogP contribution in [0.25, 0.3) is 0 Å². The topological polar surface area (TPSA) is 66.4 Å². The minimum absolute atomic E-state index is 0.0744. The van der Waals surface area contributed by atoms with Gasteiger partial charge in [-0.15, -0.1) is 0 Å². The number of halogens is 1. The summed E-state index contributed by atoms with van der Waals surface area (Å²) in [6, 6.07) is 4.69. The van der Waals surface area contributed by atoms with Crippen molar-refractivity contribution in [1.82, 2.24) is 5.32 Å². The van der Waals surface area contributed by atoms with Crippen molar-refractivity contribution < 1.29 is 19.1 Å². The molecular formula is C14H18FNO3. The maximum atomic E-state index is 13.0. The third-order valence-corrected chi connectivity index (χ3v) is 2.72. The number of hydrogen-bond acceptors (Lipinski definition) is 2. The summed E-state index contributed by atoms with van der Waals surface area (Å²) in [4.78, 5) is 22.6. The zero-order valence-electron chi connectivity index (χ0n) is 10.9. The summed E-state index contributed by atoms with van der Waals surface area (Å²) in [5.74, 6) is -1.82. The van der Waals surface area contributed by atoms with E-state index < -0.39 is 17.8 Å². The highest BCUT2D eigenvalue weighted by molar-refractivity contribution is 5.83. The van der Waals surface area contributed by atoms with E-state index in [9.17, 15) is 14.0 Å². The van der Waals surface area contributed by atoms with Gasteiger partial charge in [0.05, 0.1) is 0 Å². The van der Waals surface area contributed by atoms with Crippen molar-refractivity contribution in [2.24, 2.45) is 0 Å². The SMILES string of the molecule is CCCCC(=O)N[C@@H](Cc1cccc(F)c1)C(=O)O. The number of aliphatic carboxylic acids is 1. The van der Waals surface area contributed by atoms with Gasteiger partial charge >= 0.3 is 5.97 Å². The second-order valence-corrected chi connectivity index (χ2v) is 4.40. The molecule has 0 fully saturated rings. The number of benzene rings is 1. The first kappa shape index (κ1) is 15.1. The van der Waals surface area contributed by atoms with Crippen molar-refractivity contribution in [3.05, 3.63) is 35.6 Å². The Bertz CT molecular complexity index is 448. The zero-order chi connectivity index (χ0) is 14.3. The van der Waals surface area contributed by atoms with Crippen molar-refractivity contribution in [3.63, 3.8) is 0 Å². The van der Waals surface area contributed by atoms with Gasteiger partial charge in [0.2, 0.25) is 5.91 Å². The second-order valence-electron chi connectivity index (χ2n) is 4.40. The van der Waals surface area contributed by atoms with Crippen LogP contribution in [0.2, 0.25) is 0 Å². The number of amides is 1. The number of rotatable bonds is 7. The summed E-state index contributed by atoms with van der Waals surface area (Å²) in [7, 11) is 0. The molecule has 1 aromatic rings. The molecule has 0 heterocycles. The molecule has 0 saturated heterocycles. The summed E-state index contributed by atoms with van der Waals surface area (Å²) in [5, 5.41) is 11.5. The van der Waals surface area contributed by atoms with Gasteiger partial charge in [0.1, 0.15) is 11.9 Å². The predicted octanol–water partition coefficient (Wildman–Crippen LogP) is 2.13. The van der Waals surface area contributed by atoms with Gasteiger partial charge < -0.3 is 10.4 Å². The zero-order valence-corrected chi connectivity index (χ0v) is 10.9. The summed E-state index contributed by atoms with van der Waals surface area (Å²) in [6.45, 7) is 1.95. The third kappa shape index (κ3) is 5.50. The monoisotopic (exact) mass is 267 g/mol. The van der Waals surface area contributed by atoms with Crippen molar-refractivity contribution in [1.29, 1.82) is 0 Å². The number of carboxylic acids is 1. The third-order valence-electron chi connectivity index (χ3n) is 2.72. The van der Waals surface area contributed by atoms with Gasteiger partial charge in [-0.25, -0.2) is 9.18 Å². The van der Waals surface area contributed by atoms with Crippen LogP contribution in [0.3, 0.4) is 0 Å². The molecule has 2 N–H and O–H groups in total. The molecule has 1 atom stereocenters. The van der Waals surface area contributed by atoms with E-state index in [2.05, 4.69) is 5.32 Å². The van der Waals surface area contributed by atoms with Crippen LogP contribution in [0.1, 0.15) is 31.7 Å². The van der Waals surface area contributed by atoms with E-state index >= 15 is 0 Å². The first-order chi connectivity index (χ1) is 9.02. The smallest absolute Gasteiger partial charge is 0.326 e. The predicted molar refractivity (Wildman–Crippen MR) is 69.2 cm³/mol. The normalized spacial score (nSPS) is 11.9. The van der Waals surface area contributed by atoms with E-state index in [0.717, 1.165) is 12.8 Å². The van der Waals surface area contributed by atoms with Crippen molar-refractivity contribution in [3.8, 4) is 0 Å². The van der Waals surface area contributed by atoms with Crippen LogP contribution in [0, 0.1) is 5.82 Å². The molecule has 104 valence electrons. The van der Waals surface area contributed by atoms with Crippen LogP contribution >= 0.6 is 0 Å². The van der Waals surface area contributed by atoms with Gasteiger partial charge in [-0.2, -0.15) is 0 Å². The van der Waals surface area contributed by atoms with E-state index in [4.69, 9.17) is 5.11 Å². The fourth-order valence-corrected chi connectivity index (χ4v) is 1.70. The molecule has 0 radical (unpaired) electrons. The summed E-state index contributed by atoms with van der Waals surface area (Å²) < 4.78 is 13.0. The van der Waals surface area contributed by atoms with Crippen LogP contribution in [-0.4, -0.2) is 23.0 Å². The van der Waals surface area contributed by atoms with Gasteiger partial charge in [-0.3, -0.25) is 4.79 Å². The highest BCUT2D eigenvalue weighted by Crippen LogP contribution is 2.07. The second kappa shape index (κ2) is 7.51. The average Bonchev–Trinajstić information content (AvgIpc) is 2.35. The summed E-state index contributed by atoms with van der Waals surface area (Å²) in [6.07, 6.45) is 1.97. The largest absolute Gasteiger partial charge is 0.480 e. The van der Waals surface area contributed by atoms with Crippen LogP contribution in [0.4, 0.5) is 4.39 Å². The molecular weight excluding hydrogens is 249 g/mol. The van der Waals surface area contributed by atoms with E-state index in [1.165, 1.54) is 18.2 Å². The van der Waals surface area contributed by atoms with Gasteiger partial charge in [-0.1, -0.05) is 25.5 Å². The van der Waals surface area contributed by atoms with Gasteiger partial charge in [-0.05, 0) is 24.1 Å². The van der Waals surface area contributed by atoms with Gasteiger partial charge in [0.25, 0.3) is 0 Å². The quantitative estimate of drug-likeness (QED) is 0.795. The lowest BCUT2D eigenvalue weighted by Crippen LogP contribution is -2.42. The summed E-state index contributed by atoms with van der Waals surface area (Å²) >= 11 is 0. The molecule has 0 aliphatic heterocycles. The Balaban J connectivity index is 2.63. The van der Waals surface area contributed by atoms with E-state index in [1.807, 2.05) is 6.92 Å². The molecule has 0 saturated carbocycles. The van der Waals surface area contributed by atoms with Crippen LogP contribution in [-0.2, 0) is 16.0 Å². The molecule has 0 spiro atoms. The Morgan fingerprint density at radius 2 is 2.16 bits per heavy atom. The van der Waals surface area contributed by atoms with E-state index in [-0.39, 0.29) is 12.3 Å². The number of unbranched alkanes of at least 4 members (excludes halogenated alkanes) is 1. The Hall–Kier alpha value is -1.91. The molecule has 19 heavy (non-hydrogen) atoms. The highest BCUT2D eigenvalue weighted by atomic mass is 19.1. The fourth-order valence-electron chi connectivity index (χ4n) is 1.70. The van der Waals surface area contributed by atoms with Crippen molar-refractivity contribution >= 4 is 11.9 Å². The van der Waals surface area contributed by atoms with Crippen LogP contribution in [0.15, 0.2) is 24.3 Å². The maximum Gasteiger partial charge on any atom is 0.326 e. The molecule has 0 aliphatic rings. The number of carboxylic acid groups (broad SMARTS) is 1. The molecule has 0 aliphatic carbocycles. The first-order valence-corrected chi connectivity index (χ1v) is 6.29.